The zero-order valence-corrected chi connectivity index (χ0v) is 19.6. The van der Waals surface area contributed by atoms with Gasteiger partial charge in [-0.2, -0.15) is 0 Å². The van der Waals surface area contributed by atoms with E-state index in [1.54, 1.807) is 17.0 Å². The number of halogens is 1. The third-order valence-electron chi connectivity index (χ3n) is 6.11. The van der Waals surface area contributed by atoms with E-state index in [0.717, 1.165) is 16.7 Å². The fourth-order valence-electron chi connectivity index (χ4n) is 4.31. The third kappa shape index (κ3) is 5.95. The summed E-state index contributed by atoms with van der Waals surface area (Å²) >= 11 is 0. The minimum atomic E-state index is -0.733. The van der Waals surface area contributed by atoms with Crippen molar-refractivity contribution in [3.05, 3.63) is 107 Å². The van der Waals surface area contributed by atoms with E-state index in [9.17, 15) is 14.0 Å². The van der Waals surface area contributed by atoms with E-state index in [4.69, 9.17) is 4.74 Å². The standard InChI is InChI=1S/C29H27FN2O3/c1-35-29(34)26-21-31(18-8-9-22-14-16-25(30)17-15-22)19-20-32(26)28(33)27(23-10-4-2-5-11-23)24-12-6-3-7-13-24/h2-7,10-17,26-27H,18-21H2,1H3. The van der Waals surface area contributed by atoms with Crippen LogP contribution in [0.25, 0.3) is 0 Å². The maximum atomic E-state index is 13.9. The largest absolute Gasteiger partial charge is 0.467 e. The topological polar surface area (TPSA) is 49.9 Å². The number of carbonyl (C=O) groups excluding carboxylic acids is 2. The van der Waals surface area contributed by atoms with Crippen LogP contribution in [0.5, 0.6) is 0 Å². The molecule has 1 fully saturated rings. The Kier molecular flexibility index (Phi) is 7.92. The van der Waals surface area contributed by atoms with Crippen molar-refractivity contribution in [2.45, 2.75) is 12.0 Å². The average molecular weight is 471 g/mol. The zero-order chi connectivity index (χ0) is 24.6. The number of rotatable bonds is 5. The molecule has 0 N–H and O–H groups in total. The van der Waals surface area contributed by atoms with Crippen LogP contribution in [0.4, 0.5) is 4.39 Å². The molecule has 4 rings (SSSR count). The number of esters is 1. The van der Waals surface area contributed by atoms with Gasteiger partial charge in [-0.05, 0) is 35.4 Å². The molecule has 6 heteroatoms. The van der Waals surface area contributed by atoms with Crippen LogP contribution < -0.4 is 0 Å². The Hall–Kier alpha value is -3.95. The van der Waals surface area contributed by atoms with E-state index < -0.39 is 17.9 Å². The van der Waals surface area contributed by atoms with Crippen LogP contribution in [-0.2, 0) is 14.3 Å². The number of hydrogen-bond acceptors (Lipinski definition) is 4. The number of ether oxygens (including phenoxy) is 1. The average Bonchev–Trinajstić information content (AvgIpc) is 2.90. The van der Waals surface area contributed by atoms with Crippen molar-refractivity contribution < 1.29 is 18.7 Å². The molecule has 1 unspecified atom stereocenters. The summed E-state index contributed by atoms with van der Waals surface area (Å²) in [6.45, 7) is 1.71. The van der Waals surface area contributed by atoms with E-state index >= 15 is 0 Å². The molecular formula is C29H27FN2O3. The number of benzene rings is 3. The molecule has 0 saturated carbocycles. The quantitative estimate of drug-likeness (QED) is 0.422. The first-order chi connectivity index (χ1) is 17.1. The summed E-state index contributed by atoms with van der Waals surface area (Å²) in [5.74, 6) is 4.70. The molecular weight excluding hydrogens is 443 g/mol. The Morgan fingerprint density at radius 3 is 2.11 bits per heavy atom. The highest BCUT2D eigenvalue weighted by molar-refractivity contribution is 5.91. The van der Waals surface area contributed by atoms with Gasteiger partial charge >= 0.3 is 5.97 Å². The number of nitrogens with zero attached hydrogens (tertiary/aromatic N) is 2. The minimum absolute atomic E-state index is 0.130. The summed E-state index contributed by atoms with van der Waals surface area (Å²) in [7, 11) is 1.34. The van der Waals surface area contributed by atoms with Crippen LogP contribution in [0.2, 0.25) is 0 Å². The second-order valence-corrected chi connectivity index (χ2v) is 8.37. The van der Waals surface area contributed by atoms with Crippen molar-refractivity contribution >= 4 is 11.9 Å². The Morgan fingerprint density at radius 1 is 0.943 bits per heavy atom. The molecule has 1 amide bonds. The van der Waals surface area contributed by atoms with Crippen molar-refractivity contribution in [2.24, 2.45) is 0 Å². The Bertz CT molecular complexity index is 1160. The van der Waals surface area contributed by atoms with Crippen molar-refractivity contribution in [3.63, 3.8) is 0 Å². The molecule has 178 valence electrons. The van der Waals surface area contributed by atoms with Gasteiger partial charge in [-0.3, -0.25) is 9.69 Å². The molecule has 0 aliphatic carbocycles. The van der Waals surface area contributed by atoms with Crippen molar-refractivity contribution in [3.8, 4) is 11.8 Å². The van der Waals surface area contributed by atoms with Crippen LogP contribution in [-0.4, -0.2) is 61.0 Å². The van der Waals surface area contributed by atoms with Gasteiger partial charge in [0.2, 0.25) is 5.91 Å². The molecule has 0 bridgehead atoms. The highest BCUT2D eigenvalue weighted by Gasteiger charge is 2.39. The molecule has 0 radical (unpaired) electrons. The highest BCUT2D eigenvalue weighted by atomic mass is 19.1. The molecule has 1 aliphatic rings. The molecule has 1 saturated heterocycles. The zero-order valence-electron chi connectivity index (χ0n) is 19.6. The molecule has 35 heavy (non-hydrogen) atoms. The lowest BCUT2D eigenvalue weighted by atomic mass is 9.89. The Morgan fingerprint density at radius 2 is 1.54 bits per heavy atom. The Labute approximate surface area is 205 Å². The van der Waals surface area contributed by atoms with E-state index in [1.807, 2.05) is 65.6 Å². The minimum Gasteiger partial charge on any atom is -0.467 e. The van der Waals surface area contributed by atoms with Gasteiger partial charge in [0, 0.05) is 25.2 Å². The second-order valence-electron chi connectivity index (χ2n) is 8.37. The van der Waals surface area contributed by atoms with Gasteiger partial charge in [0.05, 0.1) is 19.6 Å². The van der Waals surface area contributed by atoms with Crippen molar-refractivity contribution in [1.82, 2.24) is 9.80 Å². The molecule has 0 spiro atoms. The first kappa shape index (κ1) is 24.2. The van der Waals surface area contributed by atoms with Crippen molar-refractivity contribution in [1.29, 1.82) is 0 Å². The van der Waals surface area contributed by atoms with E-state index in [1.165, 1.54) is 19.2 Å². The first-order valence-corrected chi connectivity index (χ1v) is 11.5. The summed E-state index contributed by atoms with van der Waals surface area (Å²) in [4.78, 5) is 30.3. The fraction of sp³-hybridized carbons (Fsp3) is 0.241. The van der Waals surface area contributed by atoms with E-state index in [-0.39, 0.29) is 11.7 Å². The van der Waals surface area contributed by atoms with E-state index in [2.05, 4.69) is 11.8 Å². The first-order valence-electron chi connectivity index (χ1n) is 11.5. The van der Waals surface area contributed by atoms with Gasteiger partial charge in [0.1, 0.15) is 11.9 Å². The molecule has 0 aromatic heterocycles. The highest BCUT2D eigenvalue weighted by Crippen LogP contribution is 2.28. The normalized spacial score (nSPS) is 15.9. The maximum Gasteiger partial charge on any atom is 0.329 e. The molecule has 5 nitrogen and oxygen atoms in total. The van der Waals surface area contributed by atoms with Gasteiger partial charge in [-0.25, -0.2) is 9.18 Å². The molecule has 3 aromatic rings. The van der Waals surface area contributed by atoms with Gasteiger partial charge in [0.15, 0.2) is 0 Å². The van der Waals surface area contributed by atoms with Gasteiger partial charge in [0.25, 0.3) is 0 Å². The van der Waals surface area contributed by atoms with E-state index in [0.29, 0.717) is 26.2 Å². The second kappa shape index (κ2) is 11.5. The molecule has 3 aromatic carbocycles. The Balaban J connectivity index is 1.54. The smallest absolute Gasteiger partial charge is 0.329 e. The summed E-state index contributed by atoms with van der Waals surface area (Å²) < 4.78 is 18.2. The number of hydrogen-bond donors (Lipinski definition) is 0. The number of methoxy groups -OCH3 is 1. The predicted octanol–water partition coefficient (Wildman–Crippen LogP) is 3.70. The fourth-order valence-corrected chi connectivity index (χ4v) is 4.31. The number of piperazine rings is 1. The van der Waals surface area contributed by atoms with Gasteiger partial charge in [-0.15, -0.1) is 0 Å². The lowest BCUT2D eigenvalue weighted by Gasteiger charge is -2.40. The van der Waals surface area contributed by atoms with Gasteiger partial charge in [-0.1, -0.05) is 72.5 Å². The lowest BCUT2D eigenvalue weighted by Crippen LogP contribution is -2.59. The molecule has 1 atom stereocenters. The molecule has 1 aliphatic heterocycles. The molecule has 1 heterocycles. The van der Waals surface area contributed by atoms with Crippen molar-refractivity contribution in [2.75, 3.05) is 33.3 Å². The monoisotopic (exact) mass is 470 g/mol. The number of amides is 1. The van der Waals surface area contributed by atoms with Crippen LogP contribution in [0.3, 0.4) is 0 Å². The SMILES string of the molecule is COC(=O)C1CN(CC#Cc2ccc(F)cc2)CCN1C(=O)C(c1ccccc1)c1ccccc1. The lowest BCUT2D eigenvalue weighted by molar-refractivity contribution is -0.156. The summed E-state index contributed by atoms with van der Waals surface area (Å²) in [5.41, 5.74) is 2.47. The van der Waals surface area contributed by atoms with Crippen LogP contribution in [0.15, 0.2) is 84.9 Å². The number of carbonyl (C=O) groups is 2. The van der Waals surface area contributed by atoms with Crippen LogP contribution >= 0.6 is 0 Å². The predicted molar refractivity (Wildman–Crippen MR) is 132 cm³/mol. The summed E-state index contributed by atoms with van der Waals surface area (Å²) in [5, 5.41) is 0. The van der Waals surface area contributed by atoms with Gasteiger partial charge < -0.3 is 9.64 Å². The summed E-state index contributed by atoms with van der Waals surface area (Å²) in [6, 6.07) is 24.5. The third-order valence-corrected chi connectivity index (χ3v) is 6.11. The summed E-state index contributed by atoms with van der Waals surface area (Å²) in [6.07, 6.45) is 0. The maximum absolute atomic E-state index is 13.9. The van der Waals surface area contributed by atoms with Crippen LogP contribution in [0, 0.1) is 17.7 Å². The van der Waals surface area contributed by atoms with Crippen LogP contribution in [0.1, 0.15) is 22.6 Å².